The topological polar surface area (TPSA) is 36.9 Å². The van der Waals surface area contributed by atoms with E-state index in [0.29, 0.717) is 0 Å². The minimum absolute atomic E-state index is 0.164. The molecule has 0 amide bonds. The minimum Gasteiger partial charge on any atom is -0.355 e. The molecule has 0 spiro atoms. The fourth-order valence-electron chi connectivity index (χ4n) is 2.84. The van der Waals surface area contributed by atoms with Gasteiger partial charge >= 0.3 is 0 Å². The summed E-state index contributed by atoms with van der Waals surface area (Å²) in [5.41, 5.74) is 2.47. The van der Waals surface area contributed by atoms with Gasteiger partial charge in [0.25, 0.3) is 0 Å². The first-order valence-corrected chi connectivity index (χ1v) is 8.80. The molecule has 4 heteroatoms. The number of benzene rings is 2. The van der Waals surface area contributed by atoms with E-state index >= 15 is 0 Å². The fourth-order valence-corrected chi connectivity index (χ4v) is 2.84. The third kappa shape index (κ3) is 6.89. The Labute approximate surface area is 158 Å². The maximum Gasteiger partial charge on any atom is 0.163 e. The molecule has 0 fully saturated rings. The van der Waals surface area contributed by atoms with E-state index in [9.17, 15) is 0 Å². The molecule has 0 aliphatic rings. The van der Waals surface area contributed by atoms with Crippen LogP contribution in [-0.4, -0.2) is 41.0 Å². The third-order valence-electron chi connectivity index (χ3n) is 4.40. The molecule has 144 valence electrons. The molecule has 2 atom stereocenters. The Morgan fingerprint density at radius 3 is 1.00 bits per heavy atom. The van der Waals surface area contributed by atoms with E-state index in [2.05, 4.69) is 38.1 Å². The average Bonchev–Trinajstić information content (AvgIpc) is 2.71. The quantitative estimate of drug-likeness (QED) is 0.633. The van der Waals surface area contributed by atoms with Gasteiger partial charge in [-0.25, -0.2) is 0 Å². The summed E-state index contributed by atoms with van der Waals surface area (Å²) in [5.74, 6) is 0.521. The predicted molar refractivity (Wildman–Crippen MR) is 105 cm³/mol. The summed E-state index contributed by atoms with van der Waals surface area (Å²) < 4.78 is 20.8. The molecule has 0 radical (unpaired) electrons. The molecule has 0 aromatic heterocycles. The summed E-state index contributed by atoms with van der Waals surface area (Å²) in [4.78, 5) is 0. The molecule has 0 heterocycles. The lowest BCUT2D eigenvalue weighted by Crippen LogP contribution is -2.20. The molecule has 0 aliphatic heterocycles. The first-order chi connectivity index (χ1) is 12.6. The number of methoxy groups -OCH3 is 4. The van der Waals surface area contributed by atoms with Crippen LogP contribution in [0.3, 0.4) is 0 Å². The first-order valence-electron chi connectivity index (χ1n) is 8.80. The molecule has 0 saturated heterocycles. The highest BCUT2D eigenvalue weighted by molar-refractivity contribution is 5.20. The minimum atomic E-state index is -0.164. The second kappa shape index (κ2) is 12.6. The number of hydrogen-bond donors (Lipinski definition) is 0. The van der Waals surface area contributed by atoms with Crippen LogP contribution >= 0.6 is 0 Å². The summed E-state index contributed by atoms with van der Waals surface area (Å²) >= 11 is 0. The Morgan fingerprint density at radius 2 is 0.769 bits per heavy atom. The molecule has 0 aliphatic carbocycles. The number of ether oxygens (including phenoxy) is 4. The Balaban J connectivity index is 0.000000260. The van der Waals surface area contributed by atoms with Crippen molar-refractivity contribution >= 4 is 0 Å². The van der Waals surface area contributed by atoms with Gasteiger partial charge in [-0.2, -0.15) is 0 Å². The van der Waals surface area contributed by atoms with Crippen LogP contribution in [0, 0.1) is 0 Å². The van der Waals surface area contributed by atoms with E-state index in [-0.39, 0.29) is 24.4 Å². The van der Waals surface area contributed by atoms with Crippen molar-refractivity contribution in [2.75, 3.05) is 28.4 Å². The maximum atomic E-state index is 5.19. The van der Waals surface area contributed by atoms with Crippen LogP contribution in [-0.2, 0) is 18.9 Å². The molecule has 0 N–H and O–H groups in total. The normalized spacial score (nSPS) is 13.2. The van der Waals surface area contributed by atoms with Crippen LogP contribution in [0.1, 0.15) is 36.8 Å². The van der Waals surface area contributed by atoms with Crippen LogP contribution in [0.15, 0.2) is 60.7 Å². The standard InChI is InChI=1S/2C11H16O2/c2*1-9(11(12-2)13-3)10-7-5-4-6-8-10/h2*4-9,11H,1-3H3. The van der Waals surface area contributed by atoms with Gasteiger partial charge in [0.2, 0.25) is 0 Å². The largest absolute Gasteiger partial charge is 0.355 e. The van der Waals surface area contributed by atoms with E-state index in [1.807, 2.05) is 36.4 Å². The summed E-state index contributed by atoms with van der Waals surface area (Å²) in [6.07, 6.45) is -0.329. The monoisotopic (exact) mass is 360 g/mol. The highest BCUT2D eigenvalue weighted by atomic mass is 16.7. The van der Waals surface area contributed by atoms with Crippen LogP contribution in [0.2, 0.25) is 0 Å². The van der Waals surface area contributed by atoms with Gasteiger partial charge in [0.15, 0.2) is 12.6 Å². The highest BCUT2D eigenvalue weighted by Gasteiger charge is 2.17. The maximum absolute atomic E-state index is 5.19. The van der Waals surface area contributed by atoms with Gasteiger partial charge in [-0.3, -0.25) is 0 Å². The molecule has 0 saturated carbocycles. The Bertz CT molecular complexity index is 512. The fraction of sp³-hybridized carbons (Fsp3) is 0.455. The van der Waals surface area contributed by atoms with Gasteiger partial charge in [-0.1, -0.05) is 74.5 Å². The SMILES string of the molecule is COC(OC)C(C)c1ccccc1.COC(OC)C(C)c1ccccc1. The van der Waals surface area contributed by atoms with Crippen LogP contribution < -0.4 is 0 Å². The van der Waals surface area contributed by atoms with E-state index in [1.165, 1.54) is 11.1 Å². The second-order valence-electron chi connectivity index (χ2n) is 6.08. The summed E-state index contributed by atoms with van der Waals surface area (Å²) in [5, 5.41) is 0. The Hall–Kier alpha value is -1.72. The van der Waals surface area contributed by atoms with Gasteiger partial charge in [-0.05, 0) is 11.1 Å². The predicted octanol–water partition coefficient (Wildman–Crippen LogP) is 4.82. The van der Waals surface area contributed by atoms with Crippen molar-refractivity contribution in [2.45, 2.75) is 38.3 Å². The van der Waals surface area contributed by atoms with Gasteiger partial charge in [0.1, 0.15) is 0 Å². The van der Waals surface area contributed by atoms with Crippen LogP contribution in [0.25, 0.3) is 0 Å². The van der Waals surface area contributed by atoms with Gasteiger partial charge in [-0.15, -0.1) is 0 Å². The lowest BCUT2D eigenvalue weighted by molar-refractivity contribution is -0.115. The lowest BCUT2D eigenvalue weighted by atomic mass is 10.0. The van der Waals surface area contributed by atoms with E-state index < -0.39 is 0 Å². The highest BCUT2D eigenvalue weighted by Crippen LogP contribution is 2.21. The second-order valence-corrected chi connectivity index (χ2v) is 6.08. The van der Waals surface area contributed by atoms with Crippen molar-refractivity contribution < 1.29 is 18.9 Å². The van der Waals surface area contributed by atoms with E-state index in [4.69, 9.17) is 18.9 Å². The Kier molecular flexibility index (Phi) is 10.8. The molecule has 26 heavy (non-hydrogen) atoms. The van der Waals surface area contributed by atoms with Crippen molar-refractivity contribution in [1.82, 2.24) is 0 Å². The zero-order valence-electron chi connectivity index (χ0n) is 16.7. The number of hydrogen-bond acceptors (Lipinski definition) is 4. The zero-order chi connectivity index (χ0) is 19.4. The zero-order valence-corrected chi connectivity index (χ0v) is 16.7. The Morgan fingerprint density at radius 1 is 0.500 bits per heavy atom. The molecule has 0 bridgehead atoms. The van der Waals surface area contributed by atoms with Crippen LogP contribution in [0.5, 0.6) is 0 Å². The van der Waals surface area contributed by atoms with E-state index in [0.717, 1.165) is 0 Å². The molecule has 2 aromatic carbocycles. The number of rotatable bonds is 8. The average molecular weight is 360 g/mol. The first kappa shape index (κ1) is 22.3. The van der Waals surface area contributed by atoms with Crippen molar-refractivity contribution in [3.8, 4) is 0 Å². The van der Waals surface area contributed by atoms with Crippen molar-refractivity contribution in [1.29, 1.82) is 0 Å². The summed E-state index contributed by atoms with van der Waals surface area (Å²) in [6, 6.07) is 20.4. The third-order valence-corrected chi connectivity index (χ3v) is 4.40. The van der Waals surface area contributed by atoms with Crippen molar-refractivity contribution in [3.05, 3.63) is 71.8 Å². The molecular formula is C22H32O4. The molecular weight excluding hydrogens is 328 g/mol. The van der Waals surface area contributed by atoms with Gasteiger partial charge < -0.3 is 18.9 Å². The molecule has 2 unspecified atom stereocenters. The summed E-state index contributed by atoms with van der Waals surface area (Å²) in [6.45, 7) is 4.18. The van der Waals surface area contributed by atoms with Crippen molar-refractivity contribution in [3.63, 3.8) is 0 Å². The lowest BCUT2D eigenvalue weighted by Gasteiger charge is -2.21. The summed E-state index contributed by atoms with van der Waals surface area (Å²) in [7, 11) is 6.64. The van der Waals surface area contributed by atoms with Gasteiger partial charge in [0.05, 0.1) is 0 Å². The van der Waals surface area contributed by atoms with Crippen LogP contribution in [0.4, 0.5) is 0 Å². The molecule has 2 aromatic rings. The molecule has 2 rings (SSSR count). The van der Waals surface area contributed by atoms with Gasteiger partial charge in [0, 0.05) is 40.3 Å². The molecule has 4 nitrogen and oxygen atoms in total. The smallest absolute Gasteiger partial charge is 0.163 e. The van der Waals surface area contributed by atoms with E-state index in [1.54, 1.807) is 28.4 Å². The van der Waals surface area contributed by atoms with Crippen molar-refractivity contribution in [2.24, 2.45) is 0 Å².